The number of carboxylic acids is 1. The van der Waals surface area contributed by atoms with Gasteiger partial charge in [-0.1, -0.05) is 20.8 Å². The van der Waals surface area contributed by atoms with E-state index < -0.39 is 41.6 Å². The molecule has 2 aliphatic rings. The maximum absolute atomic E-state index is 12.1. The van der Waals surface area contributed by atoms with Crippen LogP contribution < -0.4 is 5.73 Å². The predicted molar refractivity (Wildman–Crippen MR) is 113 cm³/mol. The molecule has 3 N–H and O–H groups in total. The summed E-state index contributed by atoms with van der Waals surface area (Å²) < 4.78 is 20.2. The lowest BCUT2D eigenvalue weighted by Gasteiger charge is -2.32. The van der Waals surface area contributed by atoms with E-state index in [2.05, 4.69) is 16.2 Å². The first-order valence-corrected chi connectivity index (χ1v) is 10.6. The van der Waals surface area contributed by atoms with E-state index in [0.717, 1.165) is 0 Å². The Bertz CT molecular complexity index is 1080. The molecule has 0 spiro atoms. The third kappa shape index (κ3) is 3.81. The highest BCUT2D eigenvalue weighted by atomic mass is 16.8. The molecule has 2 fully saturated rings. The van der Waals surface area contributed by atoms with Gasteiger partial charge in [-0.05, 0) is 37.8 Å². The van der Waals surface area contributed by atoms with Gasteiger partial charge < -0.3 is 25.1 Å². The molecule has 2 aromatic rings. The van der Waals surface area contributed by atoms with Crippen LogP contribution in [0.15, 0.2) is 18.5 Å². The Morgan fingerprint density at radius 3 is 2.69 bits per heavy atom. The molecule has 5 atom stereocenters. The van der Waals surface area contributed by atoms with Crippen molar-refractivity contribution in [2.45, 2.75) is 77.2 Å². The summed E-state index contributed by atoms with van der Waals surface area (Å²) >= 11 is 0. The fourth-order valence-electron chi connectivity index (χ4n) is 4.80. The van der Waals surface area contributed by atoms with E-state index >= 15 is 0 Å². The van der Waals surface area contributed by atoms with E-state index in [-0.39, 0.29) is 11.8 Å². The number of hydrogen-bond donors (Lipinski definition) is 2. The number of carboxylic acid groups (broad SMARTS) is 1. The summed E-state index contributed by atoms with van der Waals surface area (Å²) in [5.41, 5.74) is 5.46. The largest absolute Gasteiger partial charge is 0.481 e. The first-order chi connectivity index (χ1) is 14.9. The van der Waals surface area contributed by atoms with E-state index in [1.54, 1.807) is 30.5 Å². The van der Waals surface area contributed by atoms with Crippen molar-refractivity contribution in [1.29, 1.82) is 5.26 Å². The van der Waals surface area contributed by atoms with Gasteiger partial charge in [-0.15, -0.1) is 0 Å². The van der Waals surface area contributed by atoms with E-state index in [4.69, 9.17) is 19.9 Å². The molecule has 10 nitrogen and oxygen atoms in total. The fraction of sp³-hybridized carbons (Fsp3) is 0.636. The number of fused-ring (bicyclic) bond motifs is 2. The van der Waals surface area contributed by atoms with Gasteiger partial charge in [-0.25, -0.2) is 9.50 Å². The molecule has 172 valence electrons. The molecule has 1 unspecified atom stereocenters. The van der Waals surface area contributed by atoms with Gasteiger partial charge in [-0.3, -0.25) is 4.79 Å². The molecule has 0 amide bonds. The van der Waals surface area contributed by atoms with Crippen molar-refractivity contribution in [1.82, 2.24) is 14.6 Å². The normalized spacial score (nSPS) is 30.2. The zero-order valence-electron chi connectivity index (χ0n) is 18.9. The Hall–Kier alpha value is -2.74. The molecule has 0 aromatic carbocycles. The highest BCUT2D eigenvalue weighted by Gasteiger charge is 2.65. The molecule has 32 heavy (non-hydrogen) atoms. The van der Waals surface area contributed by atoms with Gasteiger partial charge in [0.25, 0.3) is 0 Å². The average molecular weight is 444 g/mol. The van der Waals surface area contributed by atoms with Crippen LogP contribution in [0.1, 0.15) is 59.3 Å². The minimum Gasteiger partial charge on any atom is -0.481 e. The second-order valence-electron chi connectivity index (χ2n) is 10.3. The van der Waals surface area contributed by atoms with Gasteiger partial charge in [0.15, 0.2) is 17.2 Å². The maximum Gasteiger partial charge on any atom is 0.306 e. The number of carbonyl (C=O) groups is 1. The minimum absolute atomic E-state index is 0.0202. The van der Waals surface area contributed by atoms with Gasteiger partial charge in [-0.2, -0.15) is 10.4 Å². The van der Waals surface area contributed by atoms with Crippen LogP contribution in [0.5, 0.6) is 0 Å². The van der Waals surface area contributed by atoms with Crippen LogP contribution in [0.25, 0.3) is 5.52 Å². The number of nitrogens with two attached hydrogens (primary N) is 1. The molecule has 2 aliphatic heterocycles. The number of aliphatic carboxylic acids is 1. The molecule has 10 heteroatoms. The summed E-state index contributed by atoms with van der Waals surface area (Å²) in [5.74, 6) is -2.40. The van der Waals surface area contributed by atoms with Gasteiger partial charge in [0.1, 0.15) is 36.2 Å². The Morgan fingerprint density at radius 1 is 1.34 bits per heavy atom. The molecule has 4 rings (SSSR count). The van der Waals surface area contributed by atoms with Crippen molar-refractivity contribution < 1.29 is 24.1 Å². The number of nitriles is 1. The van der Waals surface area contributed by atoms with Crippen LogP contribution in [0.4, 0.5) is 5.82 Å². The van der Waals surface area contributed by atoms with Gasteiger partial charge in [0, 0.05) is 6.42 Å². The van der Waals surface area contributed by atoms with Crippen LogP contribution in [-0.4, -0.2) is 49.3 Å². The molecule has 0 saturated carbocycles. The molecule has 2 saturated heterocycles. The Labute approximate surface area is 186 Å². The lowest BCUT2D eigenvalue weighted by Crippen LogP contribution is -2.45. The zero-order chi connectivity index (χ0) is 23.5. The van der Waals surface area contributed by atoms with E-state index in [1.807, 2.05) is 20.8 Å². The lowest BCUT2D eigenvalue weighted by molar-refractivity contribution is -0.203. The van der Waals surface area contributed by atoms with Crippen LogP contribution in [-0.2, 0) is 19.0 Å². The summed E-state index contributed by atoms with van der Waals surface area (Å²) in [7, 11) is 0. The summed E-state index contributed by atoms with van der Waals surface area (Å²) in [6, 6.07) is 5.83. The number of anilines is 1. The van der Waals surface area contributed by atoms with Gasteiger partial charge >= 0.3 is 5.97 Å². The molecule has 0 aliphatic carbocycles. The van der Waals surface area contributed by atoms with Crippen LogP contribution in [0.2, 0.25) is 0 Å². The van der Waals surface area contributed by atoms with E-state index in [9.17, 15) is 15.2 Å². The maximum atomic E-state index is 12.1. The van der Waals surface area contributed by atoms with Crippen molar-refractivity contribution in [3.8, 4) is 6.07 Å². The van der Waals surface area contributed by atoms with Crippen molar-refractivity contribution in [2.24, 2.45) is 11.3 Å². The summed E-state index contributed by atoms with van der Waals surface area (Å²) in [4.78, 5) is 16.1. The SMILES string of the molecule is CC(C)(C)CC(C[C@]1(C#N)O[C@@H](c2ccc3c(N)ncnn23)[C@@H]2OC(C)(C)O[C@@H]21)C(=O)O. The standard InChI is InChI=1S/C22H29N5O5/c1-20(2,3)8-12(19(28)29)9-22(10-23)17-16(30-21(4,5)32-17)15(31-22)13-6-7-14-18(24)25-11-26-27(13)14/h6-7,11-12,15-17H,8-9H2,1-5H3,(H,28,29)(H2,24,25,26)/t12?,15-,16-,17-,22+/m0/s1. The van der Waals surface area contributed by atoms with E-state index in [1.165, 1.54) is 6.33 Å². The number of hydrogen-bond acceptors (Lipinski definition) is 8. The Morgan fingerprint density at radius 2 is 2.06 bits per heavy atom. The third-order valence-corrected chi connectivity index (χ3v) is 5.97. The van der Waals surface area contributed by atoms with Crippen LogP contribution >= 0.6 is 0 Å². The number of nitrogen functional groups attached to an aromatic ring is 1. The van der Waals surface area contributed by atoms with Crippen molar-refractivity contribution in [3.05, 3.63) is 24.2 Å². The topological polar surface area (TPSA) is 145 Å². The van der Waals surface area contributed by atoms with E-state index in [0.29, 0.717) is 23.4 Å². The smallest absolute Gasteiger partial charge is 0.306 e. The second kappa shape index (κ2) is 7.40. The molecular weight excluding hydrogens is 414 g/mol. The quantitative estimate of drug-likeness (QED) is 0.712. The minimum atomic E-state index is -1.50. The summed E-state index contributed by atoms with van der Waals surface area (Å²) in [6.07, 6.45) is -0.382. The predicted octanol–water partition coefficient (Wildman–Crippen LogP) is 2.69. The van der Waals surface area contributed by atoms with Crippen molar-refractivity contribution in [2.75, 3.05) is 5.73 Å². The molecule has 0 bridgehead atoms. The highest BCUT2D eigenvalue weighted by molar-refractivity contribution is 5.70. The second-order valence-corrected chi connectivity index (χ2v) is 10.3. The molecule has 4 heterocycles. The van der Waals surface area contributed by atoms with Gasteiger partial charge in [0.05, 0.1) is 11.6 Å². The summed E-state index contributed by atoms with van der Waals surface area (Å²) in [6.45, 7) is 9.45. The van der Waals surface area contributed by atoms with Crippen molar-refractivity contribution in [3.63, 3.8) is 0 Å². The monoisotopic (exact) mass is 443 g/mol. The first kappa shape index (κ1) is 22.5. The molecule has 2 aromatic heterocycles. The number of nitrogens with zero attached hydrogens (tertiary/aromatic N) is 4. The molecule has 0 radical (unpaired) electrons. The number of ether oxygens (including phenoxy) is 3. The van der Waals surface area contributed by atoms with Crippen molar-refractivity contribution >= 4 is 17.3 Å². The first-order valence-electron chi connectivity index (χ1n) is 10.6. The fourth-order valence-corrected chi connectivity index (χ4v) is 4.80. The third-order valence-electron chi connectivity index (χ3n) is 5.97. The van der Waals surface area contributed by atoms with Crippen LogP contribution in [0, 0.1) is 22.7 Å². The van der Waals surface area contributed by atoms with Crippen LogP contribution in [0.3, 0.4) is 0 Å². The highest BCUT2D eigenvalue weighted by Crippen LogP contribution is 2.52. The molecular formula is C22H29N5O5. The zero-order valence-corrected chi connectivity index (χ0v) is 18.9. The Kier molecular flexibility index (Phi) is 5.19. The lowest BCUT2D eigenvalue weighted by atomic mass is 9.78. The summed E-state index contributed by atoms with van der Waals surface area (Å²) in [5, 5.41) is 24.5. The average Bonchev–Trinajstić information content (AvgIpc) is 3.32. The van der Waals surface area contributed by atoms with Gasteiger partial charge in [0.2, 0.25) is 0 Å². The number of aromatic nitrogens is 3. The Balaban J connectivity index is 1.76. The number of rotatable bonds is 5.